The molecule has 4 rings (SSSR count). The highest BCUT2D eigenvalue weighted by molar-refractivity contribution is 5.95. The first kappa shape index (κ1) is 19.6. The summed E-state index contributed by atoms with van der Waals surface area (Å²) >= 11 is 0. The second-order valence-corrected chi connectivity index (χ2v) is 7.12. The molecule has 1 saturated heterocycles. The minimum atomic E-state index is -0.672. The van der Waals surface area contributed by atoms with Crippen LogP contribution in [0.4, 0.5) is 0 Å². The van der Waals surface area contributed by atoms with Crippen LogP contribution in [-0.2, 0) is 0 Å². The van der Waals surface area contributed by atoms with Gasteiger partial charge in [0.05, 0.1) is 31.4 Å². The monoisotopic (exact) mass is 399 g/mol. The zero-order valence-electron chi connectivity index (χ0n) is 16.5. The summed E-state index contributed by atoms with van der Waals surface area (Å²) in [4.78, 5) is 18.4. The van der Waals surface area contributed by atoms with Gasteiger partial charge in [0.2, 0.25) is 0 Å². The third-order valence-electron chi connectivity index (χ3n) is 5.59. The average Bonchev–Trinajstić information content (AvgIpc) is 2.80. The Hall–Kier alpha value is -3.69. The van der Waals surface area contributed by atoms with Gasteiger partial charge in [-0.05, 0) is 41.0 Å². The van der Waals surface area contributed by atoms with E-state index in [-0.39, 0.29) is 18.4 Å². The first-order chi connectivity index (χ1) is 14.7. The molecular formula is C24H21N3O3. The van der Waals surface area contributed by atoms with Gasteiger partial charge in [0, 0.05) is 18.3 Å². The number of aromatic nitrogens is 1. The van der Waals surface area contributed by atoms with Crippen molar-refractivity contribution in [2.45, 2.75) is 18.0 Å². The molecule has 150 valence electrons. The highest BCUT2D eigenvalue weighted by Crippen LogP contribution is 2.44. The highest BCUT2D eigenvalue weighted by atomic mass is 16.5. The van der Waals surface area contributed by atoms with Crippen molar-refractivity contribution in [3.05, 3.63) is 84.2 Å². The molecule has 2 heterocycles. The molecule has 1 aliphatic rings. The van der Waals surface area contributed by atoms with Gasteiger partial charge in [0.25, 0.3) is 5.91 Å². The van der Waals surface area contributed by atoms with Crippen molar-refractivity contribution in [3.63, 3.8) is 0 Å². The molecular weight excluding hydrogens is 378 g/mol. The molecule has 0 radical (unpaired) electrons. The van der Waals surface area contributed by atoms with E-state index >= 15 is 0 Å². The van der Waals surface area contributed by atoms with E-state index in [2.05, 4.69) is 11.1 Å². The van der Waals surface area contributed by atoms with E-state index in [4.69, 9.17) is 4.74 Å². The number of carbonyl (C=O) groups excluding carboxylic acids is 1. The molecule has 3 aromatic rings. The molecule has 0 aliphatic carbocycles. The van der Waals surface area contributed by atoms with Crippen LogP contribution in [0.1, 0.15) is 21.8 Å². The Kier molecular flexibility index (Phi) is 5.46. The van der Waals surface area contributed by atoms with Crippen molar-refractivity contribution in [1.29, 1.82) is 5.26 Å². The lowest BCUT2D eigenvalue weighted by Crippen LogP contribution is -2.65. The number of ether oxygens (including phenoxy) is 1. The second kappa shape index (κ2) is 8.36. The number of nitriles is 1. The smallest absolute Gasteiger partial charge is 0.256 e. The molecule has 1 N–H and O–H groups in total. The molecule has 1 aliphatic heterocycles. The summed E-state index contributed by atoms with van der Waals surface area (Å²) in [6, 6.07) is 20.0. The molecule has 3 atom stereocenters. The third kappa shape index (κ3) is 3.30. The summed E-state index contributed by atoms with van der Waals surface area (Å²) in [6.07, 6.45) is 3.07. The van der Waals surface area contributed by atoms with Gasteiger partial charge in [-0.15, -0.1) is 0 Å². The van der Waals surface area contributed by atoms with E-state index < -0.39 is 12.1 Å². The van der Waals surface area contributed by atoms with Crippen LogP contribution in [0.3, 0.4) is 0 Å². The molecule has 6 nitrogen and oxygen atoms in total. The zero-order valence-corrected chi connectivity index (χ0v) is 16.5. The Labute approximate surface area is 175 Å². The molecule has 1 aromatic heterocycles. The summed E-state index contributed by atoms with van der Waals surface area (Å²) in [5, 5.41) is 20.0. The maximum Gasteiger partial charge on any atom is 0.256 e. The van der Waals surface area contributed by atoms with Crippen molar-refractivity contribution in [2.75, 3.05) is 13.7 Å². The molecule has 6 heteroatoms. The van der Waals surface area contributed by atoms with Gasteiger partial charge in [0.15, 0.2) is 0 Å². The van der Waals surface area contributed by atoms with Crippen LogP contribution in [0.15, 0.2) is 73.1 Å². The topological polar surface area (TPSA) is 86.5 Å². The number of methoxy groups -OCH3 is 1. The van der Waals surface area contributed by atoms with Crippen molar-refractivity contribution >= 4 is 5.91 Å². The van der Waals surface area contributed by atoms with Gasteiger partial charge in [0.1, 0.15) is 11.8 Å². The van der Waals surface area contributed by atoms with Crippen LogP contribution in [-0.4, -0.2) is 46.7 Å². The quantitative estimate of drug-likeness (QED) is 0.712. The maximum absolute atomic E-state index is 13.0. The van der Waals surface area contributed by atoms with Crippen LogP contribution in [0, 0.1) is 11.3 Å². The third-order valence-corrected chi connectivity index (χ3v) is 5.59. The Balaban J connectivity index is 1.71. The highest BCUT2D eigenvalue weighted by Gasteiger charge is 2.52. The van der Waals surface area contributed by atoms with Crippen molar-refractivity contribution < 1.29 is 14.6 Å². The molecule has 30 heavy (non-hydrogen) atoms. The minimum absolute atomic E-state index is 0.230. The van der Waals surface area contributed by atoms with Gasteiger partial charge in [-0.2, -0.15) is 5.26 Å². The summed E-state index contributed by atoms with van der Waals surface area (Å²) in [7, 11) is 1.62. The standard InChI is InChI=1S/C24H21N3O3/c1-30-18-10-8-16(9-11-18)19-6-2-3-7-20(19)23-21(13-25)27(22(23)15-28)24(29)17-5-4-12-26-14-17/h2-12,14,21-23,28H,15H2,1H3/t21-,22-,23-/m1/s1. The number of hydrogen-bond acceptors (Lipinski definition) is 5. The van der Waals surface area contributed by atoms with Crippen molar-refractivity contribution in [2.24, 2.45) is 0 Å². The summed E-state index contributed by atoms with van der Waals surface area (Å²) in [6.45, 7) is -0.230. The molecule has 0 bridgehead atoms. The van der Waals surface area contributed by atoms with Crippen LogP contribution in [0.2, 0.25) is 0 Å². The van der Waals surface area contributed by atoms with E-state index in [9.17, 15) is 15.2 Å². The Morgan fingerprint density at radius 2 is 1.93 bits per heavy atom. The Bertz CT molecular complexity index is 1080. The first-order valence-electron chi connectivity index (χ1n) is 9.66. The number of nitrogens with zero attached hydrogens (tertiary/aromatic N) is 3. The van der Waals surface area contributed by atoms with Gasteiger partial charge in [-0.25, -0.2) is 0 Å². The van der Waals surface area contributed by atoms with Gasteiger partial charge in [-0.1, -0.05) is 36.4 Å². The number of likely N-dealkylation sites (tertiary alicyclic amines) is 1. The Morgan fingerprint density at radius 3 is 2.57 bits per heavy atom. The van der Waals surface area contributed by atoms with Crippen molar-refractivity contribution in [1.82, 2.24) is 9.88 Å². The summed E-state index contributed by atoms with van der Waals surface area (Å²) in [5.74, 6) is 0.169. The maximum atomic E-state index is 13.0. The molecule has 1 fully saturated rings. The summed E-state index contributed by atoms with van der Waals surface area (Å²) in [5.41, 5.74) is 3.29. The molecule has 0 spiro atoms. The Morgan fingerprint density at radius 1 is 1.17 bits per heavy atom. The fourth-order valence-corrected chi connectivity index (χ4v) is 4.12. The fraction of sp³-hybridized carbons (Fsp3) is 0.208. The van der Waals surface area contributed by atoms with Gasteiger partial charge in [-0.3, -0.25) is 9.78 Å². The number of pyridine rings is 1. The number of amides is 1. The van der Waals surface area contributed by atoms with Gasteiger partial charge >= 0.3 is 0 Å². The van der Waals surface area contributed by atoms with E-state index in [0.717, 1.165) is 22.4 Å². The van der Waals surface area contributed by atoms with E-state index in [1.165, 1.54) is 11.1 Å². The van der Waals surface area contributed by atoms with Crippen LogP contribution >= 0.6 is 0 Å². The van der Waals surface area contributed by atoms with Crippen LogP contribution in [0.5, 0.6) is 5.75 Å². The lowest BCUT2D eigenvalue weighted by atomic mass is 9.73. The molecule has 2 aromatic carbocycles. The number of benzene rings is 2. The fourth-order valence-electron chi connectivity index (χ4n) is 4.12. The zero-order chi connectivity index (χ0) is 21.1. The molecule has 1 amide bonds. The normalized spacial score (nSPS) is 20.2. The van der Waals surface area contributed by atoms with Crippen molar-refractivity contribution in [3.8, 4) is 22.9 Å². The van der Waals surface area contributed by atoms with E-state index in [0.29, 0.717) is 5.56 Å². The van der Waals surface area contributed by atoms with Crippen LogP contribution in [0.25, 0.3) is 11.1 Å². The number of aliphatic hydroxyl groups excluding tert-OH is 1. The number of aliphatic hydroxyl groups is 1. The lowest BCUT2D eigenvalue weighted by Gasteiger charge is -2.52. The average molecular weight is 399 g/mol. The second-order valence-electron chi connectivity index (χ2n) is 7.12. The molecule has 0 saturated carbocycles. The number of hydrogen-bond donors (Lipinski definition) is 1. The largest absolute Gasteiger partial charge is 0.497 e. The van der Waals surface area contributed by atoms with E-state index in [1.54, 1.807) is 25.4 Å². The van der Waals surface area contributed by atoms with E-state index in [1.807, 2.05) is 48.5 Å². The predicted molar refractivity (Wildman–Crippen MR) is 112 cm³/mol. The number of carbonyl (C=O) groups is 1. The molecule has 0 unspecified atom stereocenters. The summed E-state index contributed by atoms with van der Waals surface area (Å²) < 4.78 is 5.24. The minimum Gasteiger partial charge on any atom is -0.497 e. The lowest BCUT2D eigenvalue weighted by molar-refractivity contribution is -0.00574. The predicted octanol–water partition coefficient (Wildman–Crippen LogP) is 3.25. The van der Waals surface area contributed by atoms with Gasteiger partial charge < -0.3 is 14.7 Å². The first-order valence-corrected chi connectivity index (χ1v) is 9.66. The SMILES string of the molecule is COc1ccc(-c2ccccc2[C@@H]2[C@@H](C#N)N(C(=O)c3cccnc3)[C@@H]2CO)cc1. The number of rotatable bonds is 5. The van der Waals surface area contributed by atoms with Crippen LogP contribution < -0.4 is 4.74 Å².